The van der Waals surface area contributed by atoms with E-state index >= 15 is 0 Å². The number of Topliss-reactive ketones (excluding diaryl/α,β-unsaturated/α-hetero) is 1. The van der Waals surface area contributed by atoms with Gasteiger partial charge >= 0.3 is 5.69 Å². The van der Waals surface area contributed by atoms with Gasteiger partial charge < -0.3 is 4.98 Å². The summed E-state index contributed by atoms with van der Waals surface area (Å²) in [6.07, 6.45) is -0.179. The Morgan fingerprint density at radius 2 is 1.78 bits per heavy atom. The molecule has 4 rings (SSSR count). The first-order chi connectivity index (χ1) is 15.2. The molecule has 0 spiro atoms. The van der Waals surface area contributed by atoms with Gasteiger partial charge in [0, 0.05) is 6.42 Å². The van der Waals surface area contributed by atoms with Crippen molar-refractivity contribution in [2.75, 3.05) is 5.75 Å². The molecule has 2 aromatic carbocycles. The number of fused-ring (bicyclic) bond motifs is 1. The van der Waals surface area contributed by atoms with Crippen molar-refractivity contribution in [2.24, 2.45) is 0 Å². The summed E-state index contributed by atoms with van der Waals surface area (Å²) >= 11 is 13.0. The van der Waals surface area contributed by atoms with Crippen molar-refractivity contribution in [3.05, 3.63) is 90.4 Å². The summed E-state index contributed by atoms with van der Waals surface area (Å²) in [7, 11) is -3.79. The average molecular weight is 509 g/mol. The monoisotopic (exact) mass is 508 g/mol. The molecule has 7 nitrogen and oxygen atoms in total. The number of ketones is 1. The molecule has 0 unspecified atom stereocenters. The minimum atomic E-state index is -3.79. The van der Waals surface area contributed by atoms with Crippen LogP contribution in [-0.4, -0.2) is 29.5 Å². The van der Waals surface area contributed by atoms with Crippen molar-refractivity contribution in [3.8, 4) is 5.69 Å². The van der Waals surface area contributed by atoms with E-state index in [1.165, 1.54) is 30.3 Å². The molecule has 1 N–H and O–H groups in total. The number of aromatic nitrogens is 2. The van der Waals surface area contributed by atoms with Crippen LogP contribution in [0.2, 0.25) is 9.36 Å². The number of sulfone groups is 1. The highest BCUT2D eigenvalue weighted by atomic mass is 35.5. The van der Waals surface area contributed by atoms with Crippen LogP contribution in [0.5, 0.6) is 0 Å². The normalized spacial score (nSPS) is 11.7. The van der Waals surface area contributed by atoms with Crippen LogP contribution in [0.4, 0.5) is 0 Å². The van der Waals surface area contributed by atoms with Crippen molar-refractivity contribution in [1.29, 1.82) is 0 Å². The summed E-state index contributed by atoms with van der Waals surface area (Å²) in [6, 6.07) is 13.8. The lowest BCUT2D eigenvalue weighted by Gasteiger charge is -2.10. The van der Waals surface area contributed by atoms with Gasteiger partial charge in [0.1, 0.15) is 9.96 Å². The number of H-pyrrole nitrogens is 1. The highest BCUT2D eigenvalue weighted by Gasteiger charge is 2.22. The number of aromatic amines is 1. The maximum absolute atomic E-state index is 12.8. The number of nitrogens with one attached hydrogen (secondary N) is 1. The van der Waals surface area contributed by atoms with Crippen molar-refractivity contribution in [2.45, 2.75) is 10.6 Å². The van der Waals surface area contributed by atoms with E-state index in [0.29, 0.717) is 20.8 Å². The minimum absolute atomic E-state index is 0.0270. The summed E-state index contributed by atoms with van der Waals surface area (Å²) in [5.74, 6) is -1.20. The summed E-state index contributed by atoms with van der Waals surface area (Å²) in [5.41, 5.74) is -0.171. The van der Waals surface area contributed by atoms with Crippen LogP contribution >= 0.6 is 34.5 Å². The predicted octanol–water partition coefficient (Wildman–Crippen LogP) is 3.63. The number of nitrogens with zero attached hydrogens (tertiary/aromatic N) is 1. The van der Waals surface area contributed by atoms with Crippen molar-refractivity contribution >= 4 is 61.1 Å². The summed E-state index contributed by atoms with van der Waals surface area (Å²) in [4.78, 5) is 40.3. The van der Waals surface area contributed by atoms with E-state index in [1.807, 2.05) is 0 Å². The molecule has 4 aromatic rings. The molecule has 0 saturated carbocycles. The van der Waals surface area contributed by atoms with E-state index < -0.39 is 32.6 Å². The topological polar surface area (TPSA) is 106 Å². The van der Waals surface area contributed by atoms with Gasteiger partial charge in [-0.2, -0.15) is 0 Å². The van der Waals surface area contributed by atoms with Gasteiger partial charge in [-0.1, -0.05) is 41.4 Å². The molecule has 0 bridgehead atoms. The van der Waals surface area contributed by atoms with E-state index in [2.05, 4.69) is 4.98 Å². The lowest BCUT2D eigenvalue weighted by atomic mass is 10.1. The second-order valence-corrected chi connectivity index (χ2v) is 11.3. The Hall–Kier alpha value is -2.72. The Balaban J connectivity index is 1.61. The van der Waals surface area contributed by atoms with Gasteiger partial charge in [0.15, 0.2) is 15.6 Å². The number of carbonyl (C=O) groups excluding carboxylic acids is 1. The van der Waals surface area contributed by atoms with Crippen LogP contribution in [-0.2, 0) is 21.1 Å². The van der Waals surface area contributed by atoms with Crippen molar-refractivity contribution < 1.29 is 13.2 Å². The van der Waals surface area contributed by atoms with E-state index in [4.69, 9.17) is 23.2 Å². The molecule has 2 heterocycles. The third-order valence-electron chi connectivity index (χ3n) is 4.67. The lowest BCUT2D eigenvalue weighted by molar-refractivity contribution is -0.116. The van der Waals surface area contributed by atoms with Crippen LogP contribution in [0.25, 0.3) is 16.6 Å². The summed E-state index contributed by atoms with van der Waals surface area (Å²) in [6.45, 7) is 0. The van der Waals surface area contributed by atoms with Crippen LogP contribution < -0.4 is 11.2 Å². The molecule has 164 valence electrons. The molecule has 0 radical (unpaired) electrons. The highest BCUT2D eigenvalue weighted by molar-refractivity contribution is 7.94. The molecule has 0 aliphatic rings. The van der Waals surface area contributed by atoms with Gasteiger partial charge in [0.05, 0.1) is 25.9 Å². The number of halogens is 2. The van der Waals surface area contributed by atoms with Gasteiger partial charge in [-0.25, -0.2) is 17.8 Å². The highest BCUT2D eigenvalue weighted by Crippen LogP contribution is 2.27. The van der Waals surface area contributed by atoms with Gasteiger partial charge in [-0.3, -0.25) is 9.59 Å². The zero-order valence-electron chi connectivity index (χ0n) is 16.2. The number of thiophene rings is 1. The van der Waals surface area contributed by atoms with E-state index in [9.17, 15) is 22.8 Å². The predicted molar refractivity (Wildman–Crippen MR) is 125 cm³/mol. The van der Waals surface area contributed by atoms with Crippen LogP contribution in [0, 0.1) is 0 Å². The first-order valence-corrected chi connectivity index (χ1v) is 12.4. The standard InChI is InChI=1S/C21H14Cl2N2O5S2/c22-15-10-12(9-13(26)11-32(29,30)19-8-7-18(23)31-19)5-6-17(15)25-20(27)14-3-1-2-4-16(14)24-21(25)28/h1-8,10H,9,11H2,(H,24,28). The molecule has 0 fully saturated rings. The van der Waals surface area contributed by atoms with Gasteiger partial charge in [0.2, 0.25) is 0 Å². The molecule has 0 atom stereocenters. The Kier molecular flexibility index (Phi) is 6.09. The molecule has 2 aromatic heterocycles. The fourth-order valence-corrected chi connectivity index (χ4v) is 6.35. The smallest absolute Gasteiger partial charge is 0.306 e. The fraction of sp³-hybridized carbons (Fsp3) is 0.0952. The van der Waals surface area contributed by atoms with Crippen molar-refractivity contribution in [3.63, 3.8) is 0 Å². The Bertz CT molecular complexity index is 1590. The SMILES string of the molecule is O=C(Cc1ccc(-n2c(=O)[nH]c3ccccc3c2=O)c(Cl)c1)CS(=O)(=O)c1ccc(Cl)s1. The fourth-order valence-electron chi connectivity index (χ4n) is 3.25. The first kappa shape index (κ1) is 22.5. The third kappa shape index (κ3) is 4.42. The summed E-state index contributed by atoms with van der Waals surface area (Å²) < 4.78 is 26.0. The second-order valence-electron chi connectivity index (χ2n) is 6.94. The number of benzene rings is 2. The largest absolute Gasteiger partial charge is 0.333 e. The Morgan fingerprint density at radius 3 is 2.47 bits per heavy atom. The lowest BCUT2D eigenvalue weighted by Crippen LogP contribution is -2.33. The molecule has 0 aliphatic heterocycles. The third-order valence-corrected chi connectivity index (χ3v) is 8.46. The number of hydrogen-bond acceptors (Lipinski definition) is 6. The Labute approximate surface area is 195 Å². The van der Waals surface area contributed by atoms with E-state index in [0.717, 1.165) is 15.9 Å². The molecule has 32 heavy (non-hydrogen) atoms. The maximum Gasteiger partial charge on any atom is 0.333 e. The zero-order chi connectivity index (χ0) is 23.0. The Morgan fingerprint density at radius 1 is 1.03 bits per heavy atom. The van der Waals surface area contributed by atoms with Gasteiger partial charge in [0.25, 0.3) is 5.56 Å². The van der Waals surface area contributed by atoms with Crippen molar-refractivity contribution in [1.82, 2.24) is 9.55 Å². The number of para-hydroxylation sites is 1. The quantitative estimate of drug-likeness (QED) is 0.427. The van der Waals surface area contributed by atoms with Gasteiger partial charge in [-0.05, 0) is 42.0 Å². The minimum Gasteiger partial charge on any atom is -0.306 e. The van der Waals surface area contributed by atoms with Crippen LogP contribution in [0.3, 0.4) is 0 Å². The molecule has 0 aliphatic carbocycles. The molecule has 11 heteroatoms. The zero-order valence-corrected chi connectivity index (χ0v) is 19.3. The number of rotatable bonds is 6. The molecule has 0 amide bonds. The molecule has 0 saturated heterocycles. The average Bonchev–Trinajstić information content (AvgIpc) is 3.16. The first-order valence-electron chi connectivity index (χ1n) is 9.18. The van der Waals surface area contributed by atoms with Crippen LogP contribution in [0.15, 0.2) is 68.4 Å². The van der Waals surface area contributed by atoms with Crippen LogP contribution in [0.1, 0.15) is 5.56 Å². The molecular formula is C21H14Cl2N2O5S2. The molecular weight excluding hydrogens is 495 g/mol. The van der Waals surface area contributed by atoms with Gasteiger partial charge in [-0.15, -0.1) is 11.3 Å². The number of carbonyl (C=O) groups is 1. The van der Waals surface area contributed by atoms with E-state index in [1.54, 1.807) is 24.3 Å². The maximum atomic E-state index is 12.8. The second kappa shape index (κ2) is 8.67. The number of hydrogen-bond donors (Lipinski definition) is 1. The summed E-state index contributed by atoms with van der Waals surface area (Å²) in [5, 5.41) is 0.396. The van der Waals surface area contributed by atoms with E-state index in [-0.39, 0.29) is 21.3 Å².